The lowest BCUT2D eigenvalue weighted by molar-refractivity contribution is -0.132. The molecule has 3 heterocycles. The number of nitrogens with one attached hydrogen (secondary N) is 1. The summed E-state index contributed by atoms with van der Waals surface area (Å²) in [5.74, 6) is 2.68. The number of halogens is 1. The quantitative estimate of drug-likeness (QED) is 0.359. The Labute approximate surface area is 200 Å². The Morgan fingerprint density at radius 1 is 1.09 bits per heavy atom. The maximum atomic E-state index is 12.3. The highest BCUT2D eigenvalue weighted by atomic mass is 35.5. The summed E-state index contributed by atoms with van der Waals surface area (Å²) < 4.78 is 10.7. The first-order valence-corrected chi connectivity index (χ1v) is 12.3. The van der Waals surface area contributed by atoms with Gasteiger partial charge in [-0.1, -0.05) is 29.4 Å². The molecule has 2 aliphatic heterocycles. The van der Waals surface area contributed by atoms with Crippen LogP contribution in [-0.2, 0) is 16.1 Å². The van der Waals surface area contributed by atoms with E-state index in [0.717, 1.165) is 24.2 Å². The first-order chi connectivity index (χ1) is 16.0. The van der Waals surface area contributed by atoms with Gasteiger partial charge < -0.3 is 24.6 Å². The third-order valence-electron chi connectivity index (χ3n) is 5.76. The summed E-state index contributed by atoms with van der Waals surface area (Å²) in [6.07, 6.45) is 2.04. The molecular weight excluding hydrogens is 466 g/mol. The molecule has 1 aromatic carbocycles. The van der Waals surface area contributed by atoms with Crippen LogP contribution in [0.3, 0.4) is 0 Å². The second kappa shape index (κ2) is 9.64. The van der Waals surface area contributed by atoms with Gasteiger partial charge in [-0.3, -0.25) is 9.59 Å². The van der Waals surface area contributed by atoms with Gasteiger partial charge in [-0.2, -0.15) is 0 Å². The van der Waals surface area contributed by atoms with Crippen LogP contribution in [0.1, 0.15) is 18.4 Å². The van der Waals surface area contributed by atoms with Crippen molar-refractivity contribution in [2.24, 2.45) is 5.92 Å². The van der Waals surface area contributed by atoms with Crippen molar-refractivity contribution in [2.45, 2.75) is 24.5 Å². The van der Waals surface area contributed by atoms with E-state index in [-0.39, 0.29) is 30.3 Å². The minimum Gasteiger partial charge on any atom is -0.454 e. The Morgan fingerprint density at radius 2 is 1.88 bits per heavy atom. The molecule has 5 rings (SSSR count). The lowest BCUT2D eigenvalue weighted by Gasteiger charge is -2.35. The number of hydrogen-bond acceptors (Lipinski definition) is 8. The van der Waals surface area contributed by atoms with Crippen molar-refractivity contribution >= 4 is 41.0 Å². The fourth-order valence-corrected chi connectivity index (χ4v) is 4.70. The zero-order chi connectivity index (χ0) is 22.8. The number of carbonyl (C=O) groups excluding carboxylic acids is 2. The third kappa shape index (κ3) is 5.44. The highest BCUT2D eigenvalue weighted by Gasteiger charge is 2.34. The maximum absolute atomic E-state index is 12.3. The summed E-state index contributed by atoms with van der Waals surface area (Å²) in [6, 6.07) is 7.32. The number of fused-ring (bicyclic) bond motifs is 1. The van der Waals surface area contributed by atoms with Crippen LogP contribution in [0, 0.1) is 5.92 Å². The Hall–Kier alpha value is -2.72. The molecule has 1 aromatic heterocycles. The number of amides is 2. The van der Waals surface area contributed by atoms with Crippen molar-refractivity contribution in [3.05, 3.63) is 35.0 Å². The van der Waals surface area contributed by atoms with E-state index in [1.165, 1.54) is 11.8 Å². The summed E-state index contributed by atoms with van der Waals surface area (Å²) in [5, 5.41) is 3.67. The molecular formula is C22H24ClN5O4S. The highest BCUT2D eigenvalue weighted by molar-refractivity contribution is 7.99. The Balaban J connectivity index is 1.12. The standard InChI is InChI=1S/C22H24ClN5O4S/c23-18-10-19(27-5-7-28(8-6-27)21(30)15-2-3-15)26-22(25-18)33-12-20(29)24-11-14-1-4-16-17(9-14)32-13-31-16/h1,4,9-10,15H,2-3,5-8,11-13H2,(H,24,29). The molecule has 9 nitrogen and oxygen atoms in total. The summed E-state index contributed by atoms with van der Waals surface area (Å²) in [4.78, 5) is 37.5. The molecule has 2 amide bonds. The van der Waals surface area contributed by atoms with E-state index in [0.29, 0.717) is 54.5 Å². The average molecular weight is 490 g/mol. The molecule has 0 atom stereocenters. The molecule has 0 bridgehead atoms. The number of aromatic nitrogens is 2. The minimum atomic E-state index is -0.130. The summed E-state index contributed by atoms with van der Waals surface area (Å²) in [6.45, 7) is 3.38. The Morgan fingerprint density at radius 3 is 2.67 bits per heavy atom. The van der Waals surface area contributed by atoms with E-state index in [4.69, 9.17) is 21.1 Å². The molecule has 2 aromatic rings. The zero-order valence-electron chi connectivity index (χ0n) is 18.0. The number of benzene rings is 1. The number of carbonyl (C=O) groups is 2. The lowest BCUT2D eigenvalue weighted by Crippen LogP contribution is -2.49. The SMILES string of the molecule is O=C(CSc1nc(Cl)cc(N2CCN(C(=O)C3CC3)CC2)n1)NCc1ccc2c(c1)OCO2. The highest BCUT2D eigenvalue weighted by Crippen LogP contribution is 2.33. The van der Waals surface area contributed by atoms with Gasteiger partial charge >= 0.3 is 0 Å². The number of ether oxygens (including phenoxy) is 2. The maximum Gasteiger partial charge on any atom is 0.231 e. The van der Waals surface area contributed by atoms with Gasteiger partial charge in [0.15, 0.2) is 16.7 Å². The van der Waals surface area contributed by atoms with Gasteiger partial charge in [-0.15, -0.1) is 0 Å². The van der Waals surface area contributed by atoms with Crippen molar-refractivity contribution in [1.82, 2.24) is 20.2 Å². The second-order valence-corrected chi connectivity index (χ2v) is 9.50. The number of anilines is 1. The smallest absolute Gasteiger partial charge is 0.231 e. The first kappa shape index (κ1) is 22.1. The minimum absolute atomic E-state index is 0.130. The van der Waals surface area contributed by atoms with Crippen molar-refractivity contribution in [3.8, 4) is 11.5 Å². The lowest BCUT2D eigenvalue weighted by atomic mass is 10.2. The van der Waals surface area contributed by atoms with Gasteiger partial charge in [0.1, 0.15) is 11.0 Å². The molecule has 1 saturated carbocycles. The van der Waals surface area contributed by atoms with Crippen LogP contribution in [0.2, 0.25) is 5.15 Å². The van der Waals surface area contributed by atoms with Crippen LogP contribution in [0.4, 0.5) is 5.82 Å². The third-order valence-corrected chi connectivity index (χ3v) is 6.80. The summed E-state index contributed by atoms with van der Waals surface area (Å²) in [7, 11) is 0. The van der Waals surface area contributed by atoms with Crippen LogP contribution in [0.15, 0.2) is 29.4 Å². The second-order valence-electron chi connectivity index (χ2n) is 8.17. The largest absolute Gasteiger partial charge is 0.454 e. The number of thioether (sulfide) groups is 1. The summed E-state index contributed by atoms with van der Waals surface area (Å²) in [5.41, 5.74) is 0.929. The van der Waals surface area contributed by atoms with Crippen molar-refractivity contribution in [3.63, 3.8) is 0 Å². The molecule has 1 saturated heterocycles. The molecule has 11 heteroatoms. The monoisotopic (exact) mass is 489 g/mol. The Kier molecular flexibility index (Phi) is 6.45. The van der Waals surface area contributed by atoms with E-state index in [1.54, 1.807) is 6.07 Å². The molecule has 174 valence electrons. The zero-order valence-corrected chi connectivity index (χ0v) is 19.5. The van der Waals surface area contributed by atoms with E-state index >= 15 is 0 Å². The summed E-state index contributed by atoms with van der Waals surface area (Å²) >= 11 is 7.46. The van der Waals surface area contributed by atoms with Crippen molar-refractivity contribution < 1.29 is 19.1 Å². The van der Waals surface area contributed by atoms with Gasteiger partial charge in [-0.05, 0) is 30.5 Å². The topological polar surface area (TPSA) is 96.9 Å². The van der Waals surface area contributed by atoms with Gasteiger partial charge in [0, 0.05) is 44.7 Å². The van der Waals surface area contributed by atoms with E-state index in [1.807, 2.05) is 23.1 Å². The van der Waals surface area contributed by atoms with Crippen LogP contribution >= 0.6 is 23.4 Å². The molecule has 33 heavy (non-hydrogen) atoms. The van der Waals surface area contributed by atoms with Crippen LogP contribution < -0.4 is 19.7 Å². The molecule has 0 spiro atoms. The molecule has 0 unspecified atom stereocenters. The van der Waals surface area contributed by atoms with Gasteiger partial charge in [0.2, 0.25) is 18.6 Å². The van der Waals surface area contributed by atoms with Crippen LogP contribution in [0.25, 0.3) is 0 Å². The van der Waals surface area contributed by atoms with Crippen molar-refractivity contribution in [1.29, 1.82) is 0 Å². The number of hydrogen-bond donors (Lipinski definition) is 1. The number of piperazine rings is 1. The fraction of sp³-hybridized carbons (Fsp3) is 0.455. The molecule has 2 fully saturated rings. The van der Waals surface area contributed by atoms with Gasteiger partial charge in [0.25, 0.3) is 0 Å². The number of rotatable bonds is 7. The molecule has 1 N–H and O–H groups in total. The fourth-order valence-electron chi connectivity index (χ4n) is 3.79. The normalized spacial score (nSPS) is 17.2. The van der Waals surface area contributed by atoms with E-state index < -0.39 is 0 Å². The van der Waals surface area contributed by atoms with E-state index in [9.17, 15) is 9.59 Å². The number of nitrogens with zero attached hydrogens (tertiary/aromatic N) is 4. The van der Waals surface area contributed by atoms with Gasteiger partial charge in [-0.25, -0.2) is 9.97 Å². The predicted molar refractivity (Wildman–Crippen MR) is 124 cm³/mol. The van der Waals surface area contributed by atoms with E-state index in [2.05, 4.69) is 20.2 Å². The molecule has 1 aliphatic carbocycles. The molecule has 0 radical (unpaired) electrons. The Bertz CT molecular complexity index is 1060. The first-order valence-electron chi connectivity index (χ1n) is 10.9. The van der Waals surface area contributed by atoms with Crippen molar-refractivity contribution in [2.75, 3.05) is 43.6 Å². The van der Waals surface area contributed by atoms with Crippen LogP contribution in [0.5, 0.6) is 11.5 Å². The van der Waals surface area contributed by atoms with Gasteiger partial charge in [0.05, 0.1) is 5.75 Å². The van der Waals surface area contributed by atoms with Crippen LogP contribution in [-0.4, -0.2) is 65.4 Å². The predicted octanol–water partition coefficient (Wildman–Crippen LogP) is 2.33. The molecule has 3 aliphatic rings. The average Bonchev–Trinajstić information content (AvgIpc) is 3.58.